The molecule has 5 nitrogen and oxygen atoms in total. The van der Waals surface area contributed by atoms with Gasteiger partial charge in [-0.1, -0.05) is 6.92 Å². The molecule has 0 saturated carbocycles. The van der Waals surface area contributed by atoms with Gasteiger partial charge in [0.1, 0.15) is 0 Å². The Morgan fingerprint density at radius 2 is 2.10 bits per heavy atom. The molecule has 1 saturated heterocycles. The fourth-order valence-corrected chi connectivity index (χ4v) is 3.90. The van der Waals surface area contributed by atoms with Crippen molar-refractivity contribution >= 4 is 10.0 Å². The third kappa shape index (κ3) is 3.18. The molecule has 1 unspecified atom stereocenters. The summed E-state index contributed by atoms with van der Waals surface area (Å²) in [6.45, 7) is 3.74. The van der Waals surface area contributed by atoms with Gasteiger partial charge in [0.05, 0.1) is 16.5 Å². The van der Waals surface area contributed by atoms with E-state index in [4.69, 9.17) is 5.26 Å². The Hall–Kier alpha value is -1.42. The van der Waals surface area contributed by atoms with Gasteiger partial charge >= 0.3 is 0 Å². The summed E-state index contributed by atoms with van der Waals surface area (Å²) in [6.07, 6.45) is 2.11. The lowest BCUT2D eigenvalue weighted by atomic mass is 10.2. The third-order valence-corrected chi connectivity index (χ3v) is 5.52. The van der Waals surface area contributed by atoms with E-state index in [0.29, 0.717) is 18.7 Å². The molecule has 1 heterocycles. The summed E-state index contributed by atoms with van der Waals surface area (Å²) in [6, 6.07) is 8.30. The summed E-state index contributed by atoms with van der Waals surface area (Å²) in [5.41, 5.74) is 0.462. The van der Waals surface area contributed by atoms with E-state index in [1.807, 2.05) is 13.0 Å². The van der Waals surface area contributed by atoms with Crippen molar-refractivity contribution in [2.45, 2.75) is 30.7 Å². The van der Waals surface area contributed by atoms with E-state index in [1.54, 1.807) is 0 Å². The number of nitriles is 1. The highest BCUT2D eigenvalue weighted by atomic mass is 32.2. The van der Waals surface area contributed by atoms with Gasteiger partial charge in [0.2, 0.25) is 10.0 Å². The molecule has 1 aromatic rings. The molecule has 0 bridgehead atoms. The number of hydrogen-bond donors (Lipinski definition) is 1. The van der Waals surface area contributed by atoms with Crippen LogP contribution < -0.4 is 5.32 Å². The molecule has 1 aliphatic heterocycles. The summed E-state index contributed by atoms with van der Waals surface area (Å²) in [5, 5.41) is 12.1. The Labute approximate surface area is 120 Å². The molecular weight excluding hydrogens is 274 g/mol. The molecule has 0 radical (unpaired) electrons. The van der Waals surface area contributed by atoms with Crippen molar-refractivity contribution in [2.24, 2.45) is 0 Å². The Bertz CT molecular complexity index is 584. The average molecular weight is 293 g/mol. The standard InChI is InChI=1S/C14H19N3O2S/c1-2-17(11-13-4-3-9-16-13)20(18,19)14-7-5-12(10-15)6-8-14/h5-8,13,16H,2-4,9,11H2,1H3. The monoisotopic (exact) mass is 293 g/mol. The van der Waals surface area contributed by atoms with Crippen LogP contribution in [0.15, 0.2) is 29.2 Å². The first-order valence-corrected chi connectivity index (χ1v) is 8.25. The minimum Gasteiger partial charge on any atom is -0.313 e. The van der Waals surface area contributed by atoms with Crippen molar-refractivity contribution < 1.29 is 8.42 Å². The van der Waals surface area contributed by atoms with Crippen molar-refractivity contribution in [1.29, 1.82) is 5.26 Å². The first kappa shape index (κ1) is 15.0. The molecule has 0 amide bonds. The largest absolute Gasteiger partial charge is 0.313 e. The zero-order valence-electron chi connectivity index (χ0n) is 11.5. The second-order valence-corrected chi connectivity index (χ2v) is 6.82. The van der Waals surface area contributed by atoms with Crippen LogP contribution in [0.5, 0.6) is 0 Å². The summed E-state index contributed by atoms with van der Waals surface area (Å²) >= 11 is 0. The maximum Gasteiger partial charge on any atom is 0.243 e. The quantitative estimate of drug-likeness (QED) is 0.888. The van der Waals surface area contributed by atoms with Crippen molar-refractivity contribution in [3.8, 4) is 6.07 Å². The minimum atomic E-state index is -3.48. The molecule has 1 atom stereocenters. The maximum absolute atomic E-state index is 12.6. The molecule has 1 fully saturated rings. The molecule has 108 valence electrons. The number of nitrogens with one attached hydrogen (secondary N) is 1. The van der Waals surface area contributed by atoms with Crippen LogP contribution in [0.3, 0.4) is 0 Å². The van der Waals surface area contributed by atoms with Crippen LogP contribution in [-0.2, 0) is 10.0 Å². The topological polar surface area (TPSA) is 73.2 Å². The lowest BCUT2D eigenvalue weighted by Crippen LogP contribution is -2.40. The van der Waals surface area contributed by atoms with Gasteiger partial charge in [-0.2, -0.15) is 9.57 Å². The van der Waals surface area contributed by atoms with Crippen molar-refractivity contribution in [2.75, 3.05) is 19.6 Å². The Balaban J connectivity index is 2.19. The molecule has 0 aromatic heterocycles. The van der Waals surface area contributed by atoms with Crippen LogP contribution in [-0.4, -0.2) is 38.4 Å². The Kier molecular flexibility index (Phi) is 4.76. The third-order valence-electron chi connectivity index (χ3n) is 3.56. The van der Waals surface area contributed by atoms with Crippen LogP contribution >= 0.6 is 0 Å². The lowest BCUT2D eigenvalue weighted by molar-refractivity contribution is 0.383. The summed E-state index contributed by atoms with van der Waals surface area (Å²) in [7, 11) is -3.48. The highest BCUT2D eigenvalue weighted by Gasteiger charge is 2.27. The molecule has 1 N–H and O–H groups in total. The molecule has 2 rings (SSSR count). The summed E-state index contributed by atoms with van der Waals surface area (Å²) < 4.78 is 26.6. The van der Waals surface area contributed by atoms with Gasteiger partial charge in [0, 0.05) is 19.1 Å². The van der Waals surface area contributed by atoms with E-state index >= 15 is 0 Å². The fraction of sp³-hybridized carbons (Fsp3) is 0.500. The van der Waals surface area contributed by atoms with E-state index in [-0.39, 0.29) is 10.9 Å². The number of nitrogens with zero attached hydrogens (tertiary/aromatic N) is 2. The van der Waals surface area contributed by atoms with Crippen LogP contribution in [0.1, 0.15) is 25.3 Å². The molecule has 1 aromatic carbocycles. The van der Waals surface area contributed by atoms with Gasteiger partial charge < -0.3 is 5.32 Å². The average Bonchev–Trinajstić information content (AvgIpc) is 2.97. The molecule has 0 spiro atoms. The molecule has 20 heavy (non-hydrogen) atoms. The van der Waals surface area contributed by atoms with Crippen molar-refractivity contribution in [1.82, 2.24) is 9.62 Å². The number of likely N-dealkylation sites (N-methyl/N-ethyl adjacent to an activating group) is 1. The van der Waals surface area contributed by atoms with Gasteiger partial charge in [0.25, 0.3) is 0 Å². The van der Waals surface area contributed by atoms with Crippen LogP contribution in [0.25, 0.3) is 0 Å². The van der Waals surface area contributed by atoms with Crippen molar-refractivity contribution in [3.63, 3.8) is 0 Å². The number of sulfonamides is 1. The van der Waals surface area contributed by atoms with E-state index in [0.717, 1.165) is 19.4 Å². The lowest BCUT2D eigenvalue weighted by Gasteiger charge is -2.23. The normalized spacial score (nSPS) is 19.1. The first-order chi connectivity index (χ1) is 9.57. The second-order valence-electron chi connectivity index (χ2n) is 4.89. The first-order valence-electron chi connectivity index (χ1n) is 6.81. The fourth-order valence-electron chi connectivity index (χ4n) is 2.41. The van der Waals surface area contributed by atoms with Gasteiger partial charge in [-0.25, -0.2) is 8.42 Å². The van der Waals surface area contributed by atoms with Gasteiger partial charge in [-0.3, -0.25) is 0 Å². The summed E-state index contributed by atoms with van der Waals surface area (Å²) in [5.74, 6) is 0. The van der Waals surface area contributed by atoms with E-state index in [9.17, 15) is 8.42 Å². The van der Waals surface area contributed by atoms with Gasteiger partial charge in [0.15, 0.2) is 0 Å². The molecule has 1 aliphatic rings. The molecule has 6 heteroatoms. The highest BCUT2D eigenvalue weighted by molar-refractivity contribution is 7.89. The Morgan fingerprint density at radius 1 is 1.40 bits per heavy atom. The zero-order valence-corrected chi connectivity index (χ0v) is 12.4. The number of hydrogen-bond acceptors (Lipinski definition) is 4. The minimum absolute atomic E-state index is 0.239. The van der Waals surface area contributed by atoms with Crippen LogP contribution in [0.4, 0.5) is 0 Å². The van der Waals surface area contributed by atoms with E-state index in [2.05, 4.69) is 5.32 Å². The van der Waals surface area contributed by atoms with Crippen LogP contribution in [0.2, 0.25) is 0 Å². The zero-order chi connectivity index (χ0) is 14.6. The number of rotatable bonds is 5. The number of benzene rings is 1. The maximum atomic E-state index is 12.6. The van der Waals surface area contributed by atoms with Crippen LogP contribution in [0, 0.1) is 11.3 Å². The highest BCUT2D eigenvalue weighted by Crippen LogP contribution is 2.18. The van der Waals surface area contributed by atoms with E-state index in [1.165, 1.54) is 28.6 Å². The SMILES string of the molecule is CCN(CC1CCCN1)S(=O)(=O)c1ccc(C#N)cc1. The smallest absolute Gasteiger partial charge is 0.243 e. The second kappa shape index (κ2) is 6.35. The molecule has 0 aliphatic carbocycles. The summed E-state index contributed by atoms with van der Waals surface area (Å²) in [4.78, 5) is 0.247. The van der Waals surface area contributed by atoms with Crippen molar-refractivity contribution in [3.05, 3.63) is 29.8 Å². The Morgan fingerprint density at radius 3 is 2.60 bits per heavy atom. The van der Waals surface area contributed by atoms with E-state index < -0.39 is 10.0 Å². The molecular formula is C14H19N3O2S. The van der Waals surface area contributed by atoms with Gasteiger partial charge in [-0.15, -0.1) is 0 Å². The predicted molar refractivity (Wildman–Crippen MR) is 76.6 cm³/mol. The van der Waals surface area contributed by atoms with Gasteiger partial charge in [-0.05, 0) is 43.7 Å². The predicted octanol–water partition coefficient (Wildman–Crippen LogP) is 1.32.